The van der Waals surface area contributed by atoms with Crippen LogP contribution in [0.5, 0.6) is 5.75 Å². The van der Waals surface area contributed by atoms with E-state index in [9.17, 15) is 32.1 Å². The monoisotopic (exact) mass is 1040 g/mol. The summed E-state index contributed by atoms with van der Waals surface area (Å²) in [6.45, 7) is 5.83. The summed E-state index contributed by atoms with van der Waals surface area (Å²) in [6, 6.07) is 20.7. The Hall–Kier alpha value is -4.87. The summed E-state index contributed by atoms with van der Waals surface area (Å²) in [5.41, 5.74) is 0.902. The lowest BCUT2D eigenvalue weighted by Gasteiger charge is -2.42. The first-order chi connectivity index (χ1) is 34.3. The van der Waals surface area contributed by atoms with Gasteiger partial charge in [-0.15, -0.1) is 24.5 Å². The lowest BCUT2D eigenvalue weighted by Crippen LogP contribution is -2.59. The van der Waals surface area contributed by atoms with Crippen LogP contribution in [0, 0.1) is 5.92 Å². The molecule has 2 N–H and O–H groups in total. The van der Waals surface area contributed by atoms with Gasteiger partial charge in [-0.2, -0.15) is 0 Å². The average Bonchev–Trinajstić information content (AvgIpc) is 3.73. The zero-order valence-corrected chi connectivity index (χ0v) is 42.7. The van der Waals surface area contributed by atoms with Gasteiger partial charge in [0, 0.05) is 40.8 Å². The fourth-order valence-corrected chi connectivity index (χ4v) is 14.4. The number of halogens is 4. The van der Waals surface area contributed by atoms with Gasteiger partial charge in [-0.1, -0.05) is 68.4 Å². The summed E-state index contributed by atoms with van der Waals surface area (Å²) in [7, 11) is -2.63. The minimum absolute atomic E-state index is 0.0254. The molecule has 1 unspecified atom stereocenters. The molecule has 1 aromatic heterocycles. The van der Waals surface area contributed by atoms with E-state index in [1.165, 1.54) is 36.8 Å². The first kappa shape index (κ1) is 52.0. The number of benzene rings is 3. The van der Waals surface area contributed by atoms with Crippen LogP contribution in [0.3, 0.4) is 0 Å². The molecule has 1 spiro atoms. The third-order valence-corrected chi connectivity index (χ3v) is 18.6. The Kier molecular flexibility index (Phi) is 15.3. The number of fused-ring (bicyclic) bond motifs is 2. The molecule has 5 aliphatic rings. The van der Waals surface area contributed by atoms with Crippen LogP contribution in [-0.4, -0.2) is 113 Å². The molecule has 3 aliphatic heterocycles. The van der Waals surface area contributed by atoms with Crippen molar-refractivity contribution in [1.29, 1.82) is 0 Å². The van der Waals surface area contributed by atoms with E-state index in [1.807, 2.05) is 44.0 Å². The van der Waals surface area contributed by atoms with Gasteiger partial charge in [-0.3, -0.25) is 28.5 Å². The van der Waals surface area contributed by atoms with E-state index in [0.29, 0.717) is 48.7 Å². The molecule has 10 atom stereocenters. The molecule has 4 heterocycles. The van der Waals surface area contributed by atoms with Crippen molar-refractivity contribution in [2.45, 2.75) is 157 Å². The van der Waals surface area contributed by atoms with E-state index in [4.69, 9.17) is 9.26 Å². The molecule has 19 heteroatoms. The number of rotatable bonds is 16. The number of carbonyl (C=O) groups excluding carboxylic acids is 4. The Labute approximate surface area is 421 Å². The number of para-hydroxylation sites is 1. The van der Waals surface area contributed by atoms with Crippen molar-refractivity contribution in [2.75, 3.05) is 20.2 Å². The molecule has 3 aromatic carbocycles. The third-order valence-electron chi connectivity index (χ3n) is 15.4. The smallest absolute Gasteiger partial charge is 0.464 e. The van der Waals surface area contributed by atoms with Crippen molar-refractivity contribution in [3.63, 3.8) is 0 Å². The average molecular weight is 1040 g/mol. The lowest BCUT2D eigenvalue weighted by atomic mass is 9.92. The van der Waals surface area contributed by atoms with E-state index >= 15 is 9.18 Å². The van der Waals surface area contributed by atoms with Crippen molar-refractivity contribution in [1.82, 2.24) is 25.1 Å². The summed E-state index contributed by atoms with van der Waals surface area (Å²) in [6.07, 6.45) is 0.166. The number of esters is 1. The van der Waals surface area contributed by atoms with Gasteiger partial charge in [-0.05, 0) is 137 Å². The topological polar surface area (TPSA) is 147 Å². The molecule has 4 aromatic rings. The van der Waals surface area contributed by atoms with Gasteiger partial charge in [0.2, 0.25) is 17.7 Å². The molecule has 13 nitrogen and oxygen atoms in total. The Morgan fingerprint density at radius 1 is 0.903 bits per heavy atom. The van der Waals surface area contributed by atoms with Gasteiger partial charge in [0.25, 0.3) is 5.91 Å². The molecule has 2 aliphatic carbocycles. The predicted molar refractivity (Wildman–Crippen MR) is 265 cm³/mol. The number of nitrogens with one attached hydrogen (secondary N) is 2. The summed E-state index contributed by atoms with van der Waals surface area (Å²) < 4.78 is 87.3. The Bertz CT molecular complexity index is 2660. The maximum atomic E-state index is 16.8. The normalized spacial score (nSPS) is 26.8. The molecular weight excluding hydrogens is 974 g/mol. The minimum atomic E-state index is -4.74. The number of hydrogen-bond donors (Lipinski definition) is 2. The van der Waals surface area contributed by atoms with E-state index < -0.39 is 55.9 Å². The quantitative estimate of drug-likeness (QED) is 0.0632. The second-order valence-corrected chi connectivity index (χ2v) is 24.1. The number of thiophene rings is 1. The van der Waals surface area contributed by atoms with Crippen LogP contribution in [0.4, 0.5) is 17.6 Å². The van der Waals surface area contributed by atoms with Gasteiger partial charge >= 0.3 is 19.9 Å². The number of ether oxygens (including phenoxy) is 2. The number of alkyl halides is 4. The minimum Gasteiger partial charge on any atom is -0.464 e. The molecule has 0 radical (unpaired) electrons. The predicted octanol–water partition coefficient (Wildman–Crippen LogP) is 10.3. The van der Waals surface area contributed by atoms with Crippen molar-refractivity contribution < 1.29 is 55.3 Å². The number of likely N-dealkylation sites (tertiary alicyclic amines) is 1. The van der Waals surface area contributed by atoms with Crippen LogP contribution in [0.15, 0.2) is 84.9 Å². The Morgan fingerprint density at radius 3 is 2.29 bits per heavy atom. The molecule has 388 valence electrons. The number of hydrogen-bond acceptors (Lipinski definition) is 10. The zero-order valence-electron chi connectivity index (χ0n) is 41.0. The second-order valence-electron chi connectivity index (χ2n) is 20.9. The van der Waals surface area contributed by atoms with Crippen LogP contribution < -0.4 is 14.9 Å². The lowest BCUT2D eigenvalue weighted by molar-refractivity contribution is -0.341. The van der Waals surface area contributed by atoms with Gasteiger partial charge in [0.1, 0.15) is 23.9 Å². The molecule has 0 bridgehead atoms. The highest BCUT2D eigenvalue weighted by Crippen LogP contribution is 2.58. The number of carbonyl (C=O) groups is 4. The van der Waals surface area contributed by atoms with Crippen LogP contribution in [0.1, 0.15) is 124 Å². The van der Waals surface area contributed by atoms with Crippen molar-refractivity contribution in [3.05, 3.63) is 101 Å². The maximum Gasteiger partial charge on any atom is 0.522 e. The van der Waals surface area contributed by atoms with E-state index in [1.54, 1.807) is 35.2 Å². The van der Waals surface area contributed by atoms with E-state index in [-0.39, 0.29) is 89.4 Å². The Balaban J connectivity index is 0.957. The van der Waals surface area contributed by atoms with E-state index in [0.717, 1.165) is 30.6 Å². The van der Waals surface area contributed by atoms with Gasteiger partial charge in [0.15, 0.2) is 0 Å². The summed E-state index contributed by atoms with van der Waals surface area (Å²) in [4.78, 5) is 63.3. The maximum absolute atomic E-state index is 16.8. The summed E-state index contributed by atoms with van der Waals surface area (Å²) in [5.74, 6) is -3.62. The second kappa shape index (κ2) is 21.2. The van der Waals surface area contributed by atoms with Crippen LogP contribution in [0.25, 0.3) is 10.1 Å². The first-order valence-electron chi connectivity index (χ1n) is 25.2. The van der Waals surface area contributed by atoms with Crippen molar-refractivity contribution >= 4 is 52.6 Å². The fourth-order valence-electron chi connectivity index (χ4n) is 11.5. The van der Waals surface area contributed by atoms with Crippen molar-refractivity contribution in [3.8, 4) is 5.75 Å². The van der Waals surface area contributed by atoms with Crippen molar-refractivity contribution in [2.24, 2.45) is 5.92 Å². The van der Waals surface area contributed by atoms with Gasteiger partial charge in [0.05, 0.1) is 17.6 Å². The molecular formula is C53H64F4N5O8PS. The number of nitrogens with zero attached hydrogens (tertiary/aromatic N) is 3. The molecule has 5 fully saturated rings. The summed E-state index contributed by atoms with van der Waals surface area (Å²) >= 11 is 1.13. The molecule has 2 saturated carbocycles. The highest BCUT2D eigenvalue weighted by atomic mass is 32.1. The van der Waals surface area contributed by atoms with Crippen LogP contribution >= 0.6 is 18.9 Å². The molecule has 9 rings (SSSR count). The standard InChI is InChI=1S/C53H64F4N5O8PS/c1-32(2)31-68-51(66)33(3)59-71(67,70-41-13-9-6-10-14-41)47(54)35-15-22-45-36(25-35)26-46(72-45)48(63)58-43-20-17-38(60(4)39-16-19-42(28-39)69-53(55,56)57)27-40-18-21-44(62(40)49(43)64)50(65)61-30-37(29-52(61)23-24-52)34-11-7-5-8-12-34/h5-15,22,25-26,32-33,37-40,42-44,47H,16-21,23-24,27-31H2,1-4H3,(H,58,63)(H,59,67)/t33-,37+,38-,39+,40+,42-,43-,44-,47-,71?/m0/s1. The van der Waals surface area contributed by atoms with Crippen LogP contribution in [0.2, 0.25) is 0 Å². The molecule has 72 heavy (non-hydrogen) atoms. The van der Waals surface area contributed by atoms with E-state index in [2.05, 4.69) is 32.2 Å². The van der Waals surface area contributed by atoms with Gasteiger partial charge in [-0.25, -0.2) is 9.48 Å². The first-order valence-corrected chi connectivity index (χ1v) is 27.7. The summed E-state index contributed by atoms with van der Waals surface area (Å²) in [5, 5.41) is 6.08. The van der Waals surface area contributed by atoms with Crippen LogP contribution in [-0.2, 0) is 28.4 Å². The Morgan fingerprint density at radius 2 is 1.60 bits per heavy atom. The fraction of sp³-hybridized carbons (Fsp3) is 0.547. The third kappa shape index (κ3) is 11.4. The highest BCUT2D eigenvalue weighted by molar-refractivity contribution is 7.57. The highest BCUT2D eigenvalue weighted by Gasteiger charge is 2.59. The van der Waals surface area contributed by atoms with Gasteiger partial charge < -0.3 is 29.3 Å². The largest absolute Gasteiger partial charge is 0.522 e. The molecule has 3 amide bonds. The number of amides is 3. The SMILES string of the molecule is CC(C)COC(=O)[C@H](C)NP(=O)(Oc1ccccc1)[C@H](F)c1ccc2sc(C(=O)N[C@H]3CC[C@H](N(C)[C@@H]4CC[C@H](OC(F)(F)F)C4)C[C@H]4CC[C@@H](C(=O)N5C[C@H](c6ccccc6)CC56CC6)N4C3=O)cc2c1. The molecule has 3 saturated heterocycles. The zero-order chi connectivity index (χ0) is 51.1.